The van der Waals surface area contributed by atoms with Crippen LogP contribution >= 0.6 is 27.3 Å². The molecule has 0 fully saturated rings. The lowest BCUT2D eigenvalue weighted by Crippen LogP contribution is -2.39. The highest BCUT2D eigenvalue weighted by molar-refractivity contribution is 9.11. The lowest BCUT2D eigenvalue weighted by atomic mass is 10.2. The van der Waals surface area contributed by atoms with Crippen molar-refractivity contribution in [1.29, 1.82) is 5.26 Å². The van der Waals surface area contributed by atoms with Crippen molar-refractivity contribution in [3.05, 3.63) is 50.4 Å². The minimum Gasteiger partial charge on any atom is -0.382 e. The van der Waals surface area contributed by atoms with Crippen LogP contribution in [0, 0.1) is 17.1 Å². The van der Waals surface area contributed by atoms with Crippen LogP contribution in [0.4, 0.5) is 10.1 Å². The lowest BCUT2D eigenvalue weighted by Gasteiger charge is -2.16. The third-order valence-corrected chi connectivity index (χ3v) is 5.01. The van der Waals surface area contributed by atoms with E-state index in [-0.39, 0.29) is 30.5 Å². The van der Waals surface area contributed by atoms with Crippen molar-refractivity contribution in [3.8, 4) is 6.07 Å². The number of thiophene rings is 1. The van der Waals surface area contributed by atoms with Crippen LogP contribution in [-0.2, 0) is 4.79 Å². The summed E-state index contributed by atoms with van der Waals surface area (Å²) in [5.41, 5.74) is 0.309. The Balaban J connectivity index is 1.76. The normalized spacial score (nSPS) is 10.1. The van der Waals surface area contributed by atoms with E-state index < -0.39 is 5.82 Å². The van der Waals surface area contributed by atoms with E-state index in [0.29, 0.717) is 17.1 Å². The van der Waals surface area contributed by atoms with Crippen LogP contribution in [0.2, 0.25) is 0 Å². The van der Waals surface area contributed by atoms with E-state index in [1.807, 2.05) is 0 Å². The lowest BCUT2D eigenvalue weighted by molar-refractivity contribution is -0.121. The predicted octanol–water partition coefficient (Wildman–Crippen LogP) is 2.82. The van der Waals surface area contributed by atoms with E-state index in [2.05, 4.69) is 26.6 Å². The molecule has 1 aromatic heterocycles. The summed E-state index contributed by atoms with van der Waals surface area (Å²) in [4.78, 5) is 26.0. The number of hydrogen-bond acceptors (Lipinski definition) is 5. The zero-order chi connectivity index (χ0) is 19.1. The highest BCUT2D eigenvalue weighted by Gasteiger charge is 2.16. The van der Waals surface area contributed by atoms with Gasteiger partial charge in [0.2, 0.25) is 5.91 Å². The zero-order valence-corrected chi connectivity index (χ0v) is 16.3. The second-order valence-corrected chi connectivity index (χ2v) is 7.78. The van der Waals surface area contributed by atoms with Crippen molar-refractivity contribution in [2.24, 2.45) is 0 Å². The monoisotopic (exact) mass is 438 g/mol. The molecule has 2 rings (SSSR count). The quantitative estimate of drug-likeness (QED) is 0.650. The summed E-state index contributed by atoms with van der Waals surface area (Å²) in [6, 6.07) is 9.58. The fourth-order valence-electron chi connectivity index (χ4n) is 2.14. The van der Waals surface area contributed by atoms with E-state index in [4.69, 9.17) is 5.26 Å². The number of nitrogens with one attached hydrogen (secondary N) is 2. The average Bonchev–Trinajstić information content (AvgIpc) is 3.04. The highest BCUT2D eigenvalue weighted by atomic mass is 79.9. The Kier molecular flexibility index (Phi) is 7.12. The van der Waals surface area contributed by atoms with E-state index in [1.165, 1.54) is 28.4 Å². The maximum absolute atomic E-state index is 13.5. The molecule has 26 heavy (non-hydrogen) atoms. The maximum Gasteiger partial charge on any atom is 0.264 e. The molecule has 2 aromatic rings. The van der Waals surface area contributed by atoms with Crippen LogP contribution in [0.5, 0.6) is 0 Å². The van der Waals surface area contributed by atoms with Gasteiger partial charge in [-0.1, -0.05) is 6.07 Å². The summed E-state index contributed by atoms with van der Waals surface area (Å²) in [5.74, 6) is -1.13. The van der Waals surface area contributed by atoms with Crippen molar-refractivity contribution in [1.82, 2.24) is 10.2 Å². The third kappa shape index (κ3) is 5.28. The number of nitrogens with zero attached hydrogens (tertiary/aromatic N) is 2. The SMILES string of the molecule is CN(CC(=O)NCCNc1cccc(F)c1C#N)C(=O)c1ccc(Br)s1. The maximum atomic E-state index is 13.5. The summed E-state index contributed by atoms with van der Waals surface area (Å²) in [6.07, 6.45) is 0. The fourth-order valence-corrected chi connectivity index (χ4v) is 3.53. The van der Waals surface area contributed by atoms with E-state index in [0.717, 1.165) is 3.79 Å². The second kappa shape index (κ2) is 9.31. The molecular formula is C17H16BrFN4O2S. The van der Waals surface area contributed by atoms with Crippen molar-refractivity contribution in [2.45, 2.75) is 0 Å². The van der Waals surface area contributed by atoms with Crippen LogP contribution in [0.25, 0.3) is 0 Å². The molecule has 6 nitrogen and oxygen atoms in total. The molecule has 9 heteroatoms. The summed E-state index contributed by atoms with van der Waals surface area (Å²) >= 11 is 4.60. The Morgan fingerprint density at radius 2 is 2.08 bits per heavy atom. The van der Waals surface area contributed by atoms with Gasteiger partial charge < -0.3 is 15.5 Å². The minimum atomic E-state index is -0.595. The van der Waals surface area contributed by atoms with Crippen LogP contribution in [-0.4, -0.2) is 43.4 Å². The number of benzene rings is 1. The molecule has 2 amide bonds. The van der Waals surface area contributed by atoms with Gasteiger partial charge in [0.05, 0.1) is 20.9 Å². The molecule has 0 aliphatic rings. The number of likely N-dealkylation sites (N-methyl/N-ethyl adjacent to an activating group) is 1. The van der Waals surface area contributed by atoms with Crippen molar-refractivity contribution in [3.63, 3.8) is 0 Å². The van der Waals surface area contributed by atoms with Gasteiger partial charge in [0.1, 0.15) is 17.4 Å². The number of hydrogen-bond donors (Lipinski definition) is 2. The molecule has 0 saturated heterocycles. The molecule has 0 bridgehead atoms. The third-order valence-electron chi connectivity index (χ3n) is 3.40. The van der Waals surface area contributed by atoms with E-state index >= 15 is 0 Å². The van der Waals surface area contributed by atoms with Crippen LogP contribution < -0.4 is 10.6 Å². The number of carbonyl (C=O) groups is 2. The second-order valence-electron chi connectivity index (χ2n) is 5.32. The van der Waals surface area contributed by atoms with Gasteiger partial charge in [0.25, 0.3) is 5.91 Å². The summed E-state index contributed by atoms with van der Waals surface area (Å²) in [7, 11) is 1.56. The summed E-state index contributed by atoms with van der Waals surface area (Å²) in [5, 5.41) is 14.5. The van der Waals surface area contributed by atoms with Gasteiger partial charge in [-0.3, -0.25) is 9.59 Å². The molecule has 1 heterocycles. The van der Waals surface area contributed by atoms with Crippen LogP contribution in [0.1, 0.15) is 15.2 Å². The Morgan fingerprint density at radius 3 is 2.73 bits per heavy atom. The molecule has 0 saturated carbocycles. The molecule has 1 aromatic carbocycles. The first kappa shape index (κ1) is 19.9. The summed E-state index contributed by atoms with van der Waals surface area (Å²) < 4.78 is 14.3. The van der Waals surface area contributed by atoms with Crippen molar-refractivity contribution >= 4 is 44.8 Å². The van der Waals surface area contributed by atoms with E-state index in [1.54, 1.807) is 31.3 Å². The molecule has 0 aliphatic carbocycles. The first-order valence-electron chi connectivity index (χ1n) is 7.62. The Bertz CT molecular complexity index is 850. The predicted molar refractivity (Wildman–Crippen MR) is 102 cm³/mol. The molecule has 136 valence electrons. The Morgan fingerprint density at radius 1 is 1.31 bits per heavy atom. The van der Waals surface area contributed by atoms with Gasteiger partial charge in [-0.15, -0.1) is 11.3 Å². The topological polar surface area (TPSA) is 85.2 Å². The van der Waals surface area contributed by atoms with Gasteiger partial charge in [-0.2, -0.15) is 5.26 Å². The Labute approximate surface area is 162 Å². The van der Waals surface area contributed by atoms with Gasteiger partial charge >= 0.3 is 0 Å². The first-order chi connectivity index (χ1) is 12.4. The summed E-state index contributed by atoms with van der Waals surface area (Å²) in [6.45, 7) is 0.518. The number of carbonyl (C=O) groups excluding carboxylic acids is 2. The number of nitriles is 1. The van der Waals surface area contributed by atoms with Gasteiger partial charge in [0, 0.05) is 20.1 Å². The fraction of sp³-hybridized carbons (Fsp3) is 0.235. The molecule has 0 aliphatic heterocycles. The van der Waals surface area contributed by atoms with E-state index in [9.17, 15) is 14.0 Å². The largest absolute Gasteiger partial charge is 0.382 e. The molecule has 2 N–H and O–H groups in total. The first-order valence-corrected chi connectivity index (χ1v) is 9.23. The van der Waals surface area contributed by atoms with Crippen LogP contribution in [0.15, 0.2) is 34.1 Å². The van der Waals surface area contributed by atoms with Crippen molar-refractivity contribution < 1.29 is 14.0 Å². The van der Waals surface area contributed by atoms with Gasteiger partial charge in [-0.05, 0) is 40.2 Å². The standard InChI is InChI=1S/C17H16BrFN4O2S/c1-23(17(25)14-5-6-15(18)26-14)10-16(24)22-8-7-21-13-4-2-3-12(19)11(13)9-20/h2-6,21H,7-8,10H2,1H3,(H,22,24). The number of rotatable bonds is 7. The molecule has 0 unspecified atom stereocenters. The zero-order valence-electron chi connectivity index (χ0n) is 13.9. The number of anilines is 1. The Hall–Kier alpha value is -2.44. The molecule has 0 radical (unpaired) electrons. The number of amides is 2. The molecule has 0 spiro atoms. The van der Waals surface area contributed by atoms with Crippen molar-refractivity contribution in [2.75, 3.05) is 32.0 Å². The molecular weight excluding hydrogens is 423 g/mol. The minimum absolute atomic E-state index is 0.0636. The van der Waals surface area contributed by atoms with Crippen LogP contribution in [0.3, 0.4) is 0 Å². The number of halogens is 2. The molecule has 0 atom stereocenters. The smallest absolute Gasteiger partial charge is 0.264 e. The van der Waals surface area contributed by atoms with Gasteiger partial charge in [0.15, 0.2) is 0 Å². The average molecular weight is 439 g/mol. The highest BCUT2D eigenvalue weighted by Crippen LogP contribution is 2.23. The van der Waals surface area contributed by atoms with Gasteiger partial charge in [-0.25, -0.2) is 4.39 Å².